The van der Waals surface area contributed by atoms with Crippen molar-refractivity contribution in [3.8, 4) is 11.4 Å². The fourth-order valence-electron chi connectivity index (χ4n) is 3.02. The zero-order valence-electron chi connectivity index (χ0n) is 16.3. The maximum absolute atomic E-state index is 12.7. The molecule has 0 bridgehead atoms. The molecular weight excluding hydrogens is 386 g/mol. The van der Waals surface area contributed by atoms with Gasteiger partial charge in [-0.15, -0.1) is 11.3 Å². The van der Waals surface area contributed by atoms with Gasteiger partial charge in [0.1, 0.15) is 11.9 Å². The average Bonchev–Trinajstić information content (AvgIpc) is 3.20. The Balaban J connectivity index is 1.41. The Morgan fingerprint density at radius 2 is 1.93 bits per heavy atom. The van der Waals surface area contributed by atoms with Gasteiger partial charge in [0.05, 0.1) is 4.88 Å². The number of H-pyrrole nitrogens is 1. The Morgan fingerprint density at radius 3 is 2.55 bits per heavy atom. The number of hydrogen-bond acceptors (Lipinski definition) is 5. The van der Waals surface area contributed by atoms with Crippen molar-refractivity contribution in [3.05, 3.63) is 52.5 Å². The van der Waals surface area contributed by atoms with Gasteiger partial charge in [0.2, 0.25) is 5.91 Å². The van der Waals surface area contributed by atoms with Crippen LogP contribution >= 0.6 is 11.3 Å². The van der Waals surface area contributed by atoms with Crippen LogP contribution in [-0.4, -0.2) is 33.0 Å². The van der Waals surface area contributed by atoms with Crippen LogP contribution in [-0.2, 0) is 4.79 Å². The zero-order valence-corrected chi connectivity index (χ0v) is 17.1. The Morgan fingerprint density at radius 1 is 1.17 bits per heavy atom. The second kappa shape index (κ2) is 8.16. The minimum Gasteiger partial charge on any atom is -0.339 e. The first-order chi connectivity index (χ1) is 14.0. The summed E-state index contributed by atoms with van der Waals surface area (Å²) in [5.74, 6) is 1.60. The summed E-state index contributed by atoms with van der Waals surface area (Å²) in [7, 11) is 0. The van der Waals surface area contributed by atoms with Crippen LogP contribution in [0.25, 0.3) is 11.4 Å². The third-order valence-electron chi connectivity index (χ3n) is 4.86. The highest BCUT2D eigenvalue weighted by Gasteiger charge is 2.27. The van der Waals surface area contributed by atoms with E-state index in [1.807, 2.05) is 49.6 Å². The highest BCUT2D eigenvalue weighted by Crippen LogP contribution is 2.38. The highest BCUT2D eigenvalue weighted by molar-refractivity contribution is 7.12. The summed E-state index contributed by atoms with van der Waals surface area (Å²) in [5.41, 5.74) is 1.55. The van der Waals surface area contributed by atoms with Gasteiger partial charge >= 0.3 is 0 Å². The third-order valence-corrected chi connectivity index (χ3v) is 5.73. The normalized spacial score (nSPS) is 14.6. The minimum atomic E-state index is -0.626. The number of anilines is 1. The lowest BCUT2D eigenvalue weighted by molar-refractivity contribution is -0.118. The molecule has 1 aliphatic carbocycles. The van der Waals surface area contributed by atoms with E-state index in [4.69, 9.17) is 0 Å². The number of carbonyl (C=O) groups is 2. The lowest BCUT2D eigenvalue weighted by atomic mass is 10.0. The number of aromatic nitrogens is 3. The number of thiophene rings is 1. The molecule has 1 fully saturated rings. The van der Waals surface area contributed by atoms with Crippen LogP contribution < -0.4 is 10.6 Å². The van der Waals surface area contributed by atoms with E-state index in [-0.39, 0.29) is 17.7 Å². The van der Waals surface area contributed by atoms with Crippen molar-refractivity contribution >= 4 is 28.8 Å². The van der Waals surface area contributed by atoms with Crippen LogP contribution in [0.1, 0.15) is 48.1 Å². The highest BCUT2D eigenvalue weighted by atomic mass is 32.1. The van der Waals surface area contributed by atoms with Gasteiger partial charge in [-0.3, -0.25) is 14.7 Å². The second-order valence-electron chi connectivity index (χ2n) is 7.56. The van der Waals surface area contributed by atoms with Gasteiger partial charge in [-0.25, -0.2) is 4.98 Å². The van der Waals surface area contributed by atoms with Gasteiger partial charge in [-0.1, -0.05) is 19.9 Å². The van der Waals surface area contributed by atoms with E-state index in [1.54, 1.807) is 6.07 Å². The predicted molar refractivity (Wildman–Crippen MR) is 113 cm³/mol. The van der Waals surface area contributed by atoms with Crippen molar-refractivity contribution in [1.82, 2.24) is 20.5 Å². The van der Waals surface area contributed by atoms with E-state index < -0.39 is 6.04 Å². The van der Waals surface area contributed by atoms with Crippen molar-refractivity contribution in [2.24, 2.45) is 5.92 Å². The van der Waals surface area contributed by atoms with Gasteiger partial charge in [-0.05, 0) is 54.5 Å². The molecule has 150 valence electrons. The van der Waals surface area contributed by atoms with Gasteiger partial charge in [0, 0.05) is 17.2 Å². The maximum Gasteiger partial charge on any atom is 0.262 e. The average molecular weight is 410 g/mol. The van der Waals surface area contributed by atoms with Crippen molar-refractivity contribution in [1.29, 1.82) is 0 Å². The van der Waals surface area contributed by atoms with Crippen LogP contribution in [0, 0.1) is 5.92 Å². The summed E-state index contributed by atoms with van der Waals surface area (Å²) in [4.78, 5) is 30.2. The largest absolute Gasteiger partial charge is 0.339 e. The molecule has 3 aromatic rings. The van der Waals surface area contributed by atoms with Crippen LogP contribution in [0.15, 0.2) is 41.8 Å². The molecule has 29 heavy (non-hydrogen) atoms. The SMILES string of the molecule is CC(C)C(NC(=O)c1cccs1)C(=O)Nc1ccc(-c2n[nH]c(C3CC3)n2)cc1. The number of hydrogen-bond donors (Lipinski definition) is 3. The molecule has 2 heterocycles. The van der Waals surface area contributed by atoms with E-state index in [9.17, 15) is 9.59 Å². The standard InChI is InChI=1S/C21H23N5O2S/c1-12(2)17(23-20(27)16-4-3-11-29-16)21(28)22-15-9-7-14(8-10-15)19-24-18(25-26-19)13-5-6-13/h3-4,7-13,17H,5-6H2,1-2H3,(H,22,28)(H,23,27)(H,24,25,26). The van der Waals surface area contributed by atoms with E-state index in [2.05, 4.69) is 25.8 Å². The Kier molecular flexibility index (Phi) is 5.44. The van der Waals surface area contributed by atoms with Crippen LogP contribution in [0.5, 0.6) is 0 Å². The molecule has 7 nitrogen and oxygen atoms in total. The number of rotatable bonds is 7. The number of nitrogens with one attached hydrogen (secondary N) is 3. The number of benzene rings is 1. The van der Waals surface area contributed by atoms with Gasteiger partial charge in [-0.2, -0.15) is 5.10 Å². The predicted octanol–water partition coefficient (Wildman–Crippen LogP) is 3.80. The summed E-state index contributed by atoms with van der Waals surface area (Å²) in [6.07, 6.45) is 2.33. The molecule has 3 N–H and O–H groups in total. The van der Waals surface area contributed by atoms with E-state index >= 15 is 0 Å². The topological polar surface area (TPSA) is 99.8 Å². The van der Waals surface area contributed by atoms with Crippen LogP contribution in [0.2, 0.25) is 0 Å². The summed E-state index contributed by atoms with van der Waals surface area (Å²) in [5, 5.41) is 14.8. The summed E-state index contributed by atoms with van der Waals surface area (Å²) < 4.78 is 0. The fraction of sp³-hybridized carbons (Fsp3) is 0.333. The number of nitrogens with zero attached hydrogens (tertiary/aromatic N) is 2. The molecule has 0 aliphatic heterocycles. The van der Waals surface area contributed by atoms with Crippen molar-refractivity contribution in [2.75, 3.05) is 5.32 Å². The Bertz CT molecular complexity index is 991. The third kappa shape index (κ3) is 4.54. The summed E-state index contributed by atoms with van der Waals surface area (Å²) >= 11 is 1.35. The molecule has 0 radical (unpaired) electrons. The van der Waals surface area contributed by atoms with Crippen LogP contribution in [0.3, 0.4) is 0 Å². The van der Waals surface area contributed by atoms with Gasteiger partial charge < -0.3 is 10.6 Å². The van der Waals surface area contributed by atoms with Gasteiger partial charge in [0.25, 0.3) is 5.91 Å². The molecule has 8 heteroatoms. The summed E-state index contributed by atoms with van der Waals surface area (Å²) in [6, 6.07) is 10.3. The fourth-order valence-corrected chi connectivity index (χ4v) is 3.65. The number of aromatic amines is 1. The van der Waals surface area contributed by atoms with Crippen molar-refractivity contribution in [2.45, 2.75) is 38.6 Å². The zero-order chi connectivity index (χ0) is 20.4. The molecule has 1 saturated carbocycles. The molecule has 0 saturated heterocycles. The molecule has 1 unspecified atom stereocenters. The molecule has 1 aliphatic rings. The van der Waals surface area contributed by atoms with E-state index in [1.165, 1.54) is 24.2 Å². The minimum absolute atomic E-state index is 0.0488. The lowest BCUT2D eigenvalue weighted by Gasteiger charge is -2.21. The quantitative estimate of drug-likeness (QED) is 0.552. The number of carbonyl (C=O) groups excluding carboxylic acids is 2. The first-order valence-corrected chi connectivity index (χ1v) is 10.6. The molecule has 1 atom stereocenters. The second-order valence-corrected chi connectivity index (χ2v) is 8.51. The number of amides is 2. The molecule has 2 amide bonds. The summed E-state index contributed by atoms with van der Waals surface area (Å²) in [6.45, 7) is 3.81. The van der Waals surface area contributed by atoms with Crippen molar-refractivity contribution < 1.29 is 9.59 Å². The van der Waals surface area contributed by atoms with Crippen molar-refractivity contribution in [3.63, 3.8) is 0 Å². The van der Waals surface area contributed by atoms with E-state index in [0.29, 0.717) is 22.3 Å². The Labute approximate surface area is 173 Å². The molecule has 1 aromatic carbocycles. The van der Waals surface area contributed by atoms with Crippen LogP contribution in [0.4, 0.5) is 5.69 Å². The molecule has 2 aromatic heterocycles. The Hall–Kier alpha value is -3.00. The molecule has 4 rings (SSSR count). The molecule has 0 spiro atoms. The van der Waals surface area contributed by atoms with Gasteiger partial charge in [0.15, 0.2) is 5.82 Å². The van der Waals surface area contributed by atoms with E-state index in [0.717, 1.165) is 11.4 Å². The molecular formula is C21H23N5O2S. The maximum atomic E-state index is 12.7. The monoisotopic (exact) mass is 409 g/mol. The first kappa shape index (κ1) is 19.3. The smallest absolute Gasteiger partial charge is 0.262 e. The first-order valence-electron chi connectivity index (χ1n) is 9.69. The lowest BCUT2D eigenvalue weighted by Crippen LogP contribution is -2.46.